The van der Waals surface area contributed by atoms with E-state index in [1.807, 2.05) is 0 Å². The summed E-state index contributed by atoms with van der Waals surface area (Å²) in [5.74, 6) is -1.26. The first-order chi connectivity index (χ1) is 6.46. The van der Waals surface area contributed by atoms with Crippen LogP contribution in [0.4, 0.5) is 0 Å². The lowest BCUT2D eigenvalue weighted by molar-refractivity contribution is -0.150. The number of hydrogen-bond acceptors (Lipinski definition) is 4. The zero-order chi connectivity index (χ0) is 10.8. The fourth-order valence-corrected chi connectivity index (χ4v) is 1.08. The standard InChI is InChI=1S/C9H12N2O3/c1-9(2,7(12)8(13)14)6-5-10-3-4-11-6/h3-5,7,12H,1-2H3,(H,13,14). The van der Waals surface area contributed by atoms with E-state index in [1.54, 1.807) is 13.8 Å². The lowest BCUT2D eigenvalue weighted by atomic mass is 9.83. The van der Waals surface area contributed by atoms with Crippen LogP contribution in [0, 0.1) is 0 Å². The van der Waals surface area contributed by atoms with Crippen LogP contribution >= 0.6 is 0 Å². The van der Waals surface area contributed by atoms with Gasteiger partial charge in [-0.15, -0.1) is 0 Å². The topological polar surface area (TPSA) is 83.3 Å². The molecule has 0 saturated carbocycles. The molecule has 0 aliphatic rings. The Bertz CT molecular complexity index is 324. The van der Waals surface area contributed by atoms with Crippen LogP contribution in [0.25, 0.3) is 0 Å². The van der Waals surface area contributed by atoms with Gasteiger partial charge in [0.05, 0.1) is 5.69 Å². The van der Waals surface area contributed by atoms with Crippen molar-refractivity contribution in [2.24, 2.45) is 0 Å². The van der Waals surface area contributed by atoms with E-state index in [9.17, 15) is 9.90 Å². The number of rotatable bonds is 3. The Labute approximate surface area is 81.4 Å². The van der Waals surface area contributed by atoms with Gasteiger partial charge in [-0.05, 0) is 0 Å². The molecule has 5 heteroatoms. The largest absolute Gasteiger partial charge is 0.479 e. The summed E-state index contributed by atoms with van der Waals surface area (Å²) in [6.07, 6.45) is 2.92. The molecule has 1 rings (SSSR count). The normalized spacial score (nSPS) is 13.6. The summed E-state index contributed by atoms with van der Waals surface area (Å²) in [5.41, 5.74) is -0.491. The number of carbonyl (C=O) groups is 1. The first kappa shape index (κ1) is 10.6. The number of carboxylic acid groups (broad SMARTS) is 1. The van der Waals surface area contributed by atoms with Gasteiger partial charge in [0, 0.05) is 24.0 Å². The molecule has 2 N–H and O–H groups in total. The Balaban J connectivity index is 3.02. The van der Waals surface area contributed by atoms with E-state index in [-0.39, 0.29) is 0 Å². The molecule has 0 spiro atoms. The van der Waals surface area contributed by atoms with Gasteiger partial charge in [0.1, 0.15) is 0 Å². The average molecular weight is 196 g/mol. The number of hydrogen-bond donors (Lipinski definition) is 2. The number of nitrogens with zero attached hydrogens (tertiary/aromatic N) is 2. The highest BCUT2D eigenvalue weighted by Crippen LogP contribution is 2.24. The summed E-state index contributed by atoms with van der Waals surface area (Å²) < 4.78 is 0. The molecule has 1 atom stereocenters. The number of aliphatic hydroxyl groups excluding tert-OH is 1. The van der Waals surface area contributed by atoms with Crippen LogP contribution in [0.1, 0.15) is 19.5 Å². The summed E-state index contributed by atoms with van der Waals surface area (Å²) in [4.78, 5) is 18.4. The van der Waals surface area contributed by atoms with Crippen LogP contribution in [-0.2, 0) is 10.2 Å². The van der Waals surface area contributed by atoms with Gasteiger partial charge < -0.3 is 10.2 Å². The van der Waals surface area contributed by atoms with Gasteiger partial charge in [-0.25, -0.2) is 4.79 Å². The zero-order valence-corrected chi connectivity index (χ0v) is 8.01. The van der Waals surface area contributed by atoms with E-state index in [0.717, 1.165) is 0 Å². The van der Waals surface area contributed by atoms with Gasteiger partial charge >= 0.3 is 5.97 Å². The smallest absolute Gasteiger partial charge is 0.333 e. The van der Waals surface area contributed by atoms with E-state index < -0.39 is 17.5 Å². The molecule has 0 amide bonds. The predicted octanol–water partition coefficient (Wildman–Crippen LogP) is 0.200. The van der Waals surface area contributed by atoms with E-state index >= 15 is 0 Å². The van der Waals surface area contributed by atoms with E-state index in [0.29, 0.717) is 5.69 Å². The van der Waals surface area contributed by atoms with Crippen molar-refractivity contribution in [3.8, 4) is 0 Å². The Hall–Kier alpha value is -1.49. The van der Waals surface area contributed by atoms with E-state index in [4.69, 9.17) is 5.11 Å². The second kappa shape index (κ2) is 3.71. The van der Waals surface area contributed by atoms with Gasteiger partial charge in [-0.3, -0.25) is 9.97 Å². The molecule has 1 aromatic heterocycles. The molecule has 0 aliphatic carbocycles. The molecule has 14 heavy (non-hydrogen) atoms. The highest BCUT2D eigenvalue weighted by molar-refractivity contribution is 5.74. The second-order valence-electron chi connectivity index (χ2n) is 3.55. The summed E-state index contributed by atoms with van der Waals surface area (Å²) in [7, 11) is 0. The van der Waals surface area contributed by atoms with Gasteiger partial charge in [0.2, 0.25) is 0 Å². The molecular weight excluding hydrogens is 184 g/mol. The second-order valence-corrected chi connectivity index (χ2v) is 3.55. The maximum absolute atomic E-state index is 10.6. The highest BCUT2D eigenvalue weighted by atomic mass is 16.4. The Morgan fingerprint density at radius 1 is 1.50 bits per heavy atom. The van der Waals surface area contributed by atoms with Crippen molar-refractivity contribution in [2.75, 3.05) is 0 Å². The maximum atomic E-state index is 10.6. The maximum Gasteiger partial charge on any atom is 0.333 e. The third-order valence-corrected chi connectivity index (χ3v) is 2.14. The fraction of sp³-hybridized carbons (Fsp3) is 0.444. The Morgan fingerprint density at radius 3 is 2.57 bits per heavy atom. The van der Waals surface area contributed by atoms with Crippen molar-refractivity contribution >= 4 is 5.97 Å². The van der Waals surface area contributed by atoms with Crippen molar-refractivity contribution in [2.45, 2.75) is 25.4 Å². The average Bonchev–Trinajstić information content (AvgIpc) is 2.18. The minimum atomic E-state index is -1.49. The molecule has 0 saturated heterocycles. The van der Waals surface area contributed by atoms with Crippen molar-refractivity contribution in [3.63, 3.8) is 0 Å². The quantitative estimate of drug-likeness (QED) is 0.721. The minimum Gasteiger partial charge on any atom is -0.479 e. The number of aromatic nitrogens is 2. The predicted molar refractivity (Wildman–Crippen MR) is 48.7 cm³/mol. The Morgan fingerprint density at radius 2 is 2.14 bits per heavy atom. The fourth-order valence-electron chi connectivity index (χ4n) is 1.08. The Kier molecular flexibility index (Phi) is 2.81. The summed E-state index contributed by atoms with van der Waals surface area (Å²) in [6, 6.07) is 0. The molecule has 5 nitrogen and oxygen atoms in total. The lowest BCUT2D eigenvalue weighted by Gasteiger charge is -2.26. The summed E-state index contributed by atoms with van der Waals surface area (Å²) in [5, 5.41) is 18.1. The zero-order valence-electron chi connectivity index (χ0n) is 8.01. The monoisotopic (exact) mass is 196 g/mol. The SMILES string of the molecule is CC(C)(c1cnccn1)C(O)C(=O)O. The van der Waals surface area contributed by atoms with Gasteiger partial charge in [0.25, 0.3) is 0 Å². The van der Waals surface area contributed by atoms with Crippen LogP contribution in [-0.4, -0.2) is 32.3 Å². The number of aliphatic hydroxyl groups is 1. The molecule has 0 aromatic carbocycles. The van der Waals surface area contributed by atoms with Gasteiger partial charge in [-0.2, -0.15) is 0 Å². The molecule has 1 unspecified atom stereocenters. The van der Waals surface area contributed by atoms with E-state index in [1.165, 1.54) is 18.6 Å². The molecular formula is C9H12N2O3. The van der Waals surface area contributed by atoms with Crippen molar-refractivity contribution < 1.29 is 15.0 Å². The molecule has 1 heterocycles. The van der Waals surface area contributed by atoms with Crippen molar-refractivity contribution in [3.05, 3.63) is 24.3 Å². The molecule has 76 valence electrons. The minimum absolute atomic E-state index is 0.454. The van der Waals surface area contributed by atoms with Crippen LogP contribution in [0.15, 0.2) is 18.6 Å². The third-order valence-electron chi connectivity index (χ3n) is 2.14. The van der Waals surface area contributed by atoms with E-state index in [2.05, 4.69) is 9.97 Å². The van der Waals surface area contributed by atoms with Gasteiger partial charge in [0.15, 0.2) is 6.10 Å². The molecule has 0 fully saturated rings. The van der Waals surface area contributed by atoms with Gasteiger partial charge in [-0.1, -0.05) is 13.8 Å². The molecule has 0 aliphatic heterocycles. The number of aliphatic carboxylic acids is 1. The first-order valence-corrected chi connectivity index (χ1v) is 4.13. The summed E-state index contributed by atoms with van der Waals surface area (Å²) in [6.45, 7) is 3.21. The van der Waals surface area contributed by atoms with Crippen LogP contribution in [0.3, 0.4) is 0 Å². The molecule has 0 bridgehead atoms. The van der Waals surface area contributed by atoms with Crippen LogP contribution < -0.4 is 0 Å². The number of carboxylic acids is 1. The van der Waals surface area contributed by atoms with Crippen LogP contribution in [0.2, 0.25) is 0 Å². The molecule has 1 aromatic rings. The van der Waals surface area contributed by atoms with Crippen molar-refractivity contribution in [1.82, 2.24) is 9.97 Å². The lowest BCUT2D eigenvalue weighted by Crippen LogP contribution is -2.40. The molecule has 0 radical (unpaired) electrons. The summed E-state index contributed by atoms with van der Waals surface area (Å²) >= 11 is 0. The third kappa shape index (κ3) is 1.88. The van der Waals surface area contributed by atoms with Crippen molar-refractivity contribution in [1.29, 1.82) is 0 Å². The van der Waals surface area contributed by atoms with Crippen LogP contribution in [0.5, 0.6) is 0 Å². The first-order valence-electron chi connectivity index (χ1n) is 4.13. The highest BCUT2D eigenvalue weighted by Gasteiger charge is 2.36.